The highest BCUT2D eigenvalue weighted by molar-refractivity contribution is 6.60. The Morgan fingerprint density at radius 2 is 1.54 bits per heavy atom. The second-order valence-corrected chi connectivity index (χ2v) is 6.05. The molecule has 0 unspecified atom stereocenters. The molecule has 0 bridgehead atoms. The van der Waals surface area contributed by atoms with Gasteiger partial charge in [-0.25, -0.2) is 4.39 Å². The van der Waals surface area contributed by atoms with Crippen LogP contribution in [0.15, 0.2) is 66.7 Å². The third-order valence-electron chi connectivity index (χ3n) is 4.18. The van der Waals surface area contributed by atoms with Gasteiger partial charge in [-0.1, -0.05) is 42.5 Å². The van der Waals surface area contributed by atoms with Crippen molar-refractivity contribution >= 4 is 12.6 Å². The number of hydrogen-bond acceptors (Lipinski definition) is 3. The Bertz CT molecular complexity index is 974. The molecule has 0 aliphatic rings. The Morgan fingerprint density at radius 3 is 2.21 bits per heavy atom. The molecular weight excluding hydrogens is 375 g/mol. The zero-order valence-electron chi connectivity index (χ0n) is 14.4. The van der Waals surface area contributed by atoms with Crippen molar-refractivity contribution in [3.8, 4) is 16.9 Å². The molecule has 3 nitrogen and oxygen atoms in total. The lowest BCUT2D eigenvalue weighted by molar-refractivity contribution is -0.137. The van der Waals surface area contributed by atoms with Gasteiger partial charge < -0.3 is 14.8 Å². The Labute approximate surface area is 159 Å². The highest BCUT2D eigenvalue weighted by Gasteiger charge is 2.32. The van der Waals surface area contributed by atoms with E-state index in [4.69, 9.17) is 4.74 Å². The molecular formula is C20H15BF4O3. The first-order valence-corrected chi connectivity index (χ1v) is 8.30. The normalized spacial score (nSPS) is 11.4. The molecule has 0 amide bonds. The predicted octanol–water partition coefficient (Wildman–Crippen LogP) is 3.77. The molecule has 0 saturated carbocycles. The Morgan fingerprint density at radius 1 is 0.857 bits per heavy atom. The summed E-state index contributed by atoms with van der Waals surface area (Å²) in [5, 5.41) is 19.1. The van der Waals surface area contributed by atoms with Gasteiger partial charge in [0.25, 0.3) is 0 Å². The molecule has 28 heavy (non-hydrogen) atoms. The van der Waals surface area contributed by atoms with E-state index in [2.05, 4.69) is 0 Å². The molecule has 0 aliphatic carbocycles. The summed E-state index contributed by atoms with van der Waals surface area (Å²) < 4.78 is 59.0. The number of benzene rings is 3. The minimum Gasteiger partial charge on any atom is -0.488 e. The molecule has 3 rings (SSSR count). The average Bonchev–Trinajstić information content (AvgIpc) is 2.66. The summed E-state index contributed by atoms with van der Waals surface area (Å²) in [6, 6.07) is 14.7. The van der Waals surface area contributed by atoms with Crippen molar-refractivity contribution in [3.63, 3.8) is 0 Å². The minimum atomic E-state index is -4.59. The van der Waals surface area contributed by atoms with Crippen molar-refractivity contribution < 1.29 is 32.3 Å². The number of halogens is 4. The summed E-state index contributed by atoms with van der Waals surface area (Å²) in [4.78, 5) is 0. The largest absolute Gasteiger partial charge is 0.489 e. The van der Waals surface area contributed by atoms with Crippen molar-refractivity contribution in [1.82, 2.24) is 0 Å². The quantitative estimate of drug-likeness (QED) is 0.515. The van der Waals surface area contributed by atoms with E-state index in [0.717, 1.165) is 18.2 Å². The molecule has 0 aliphatic heterocycles. The number of alkyl halides is 3. The maximum Gasteiger partial charge on any atom is 0.489 e. The van der Waals surface area contributed by atoms with Crippen LogP contribution in [-0.2, 0) is 12.8 Å². The summed E-state index contributed by atoms with van der Waals surface area (Å²) in [7, 11) is -1.88. The number of ether oxygens (including phenoxy) is 1. The van der Waals surface area contributed by atoms with Crippen molar-refractivity contribution in [3.05, 3.63) is 83.7 Å². The molecule has 3 aromatic rings. The van der Waals surface area contributed by atoms with Gasteiger partial charge in [0.1, 0.15) is 18.2 Å². The van der Waals surface area contributed by atoms with Crippen LogP contribution in [0.4, 0.5) is 17.6 Å². The lowest BCUT2D eigenvalue weighted by Gasteiger charge is -2.17. The first-order valence-electron chi connectivity index (χ1n) is 8.30. The fraction of sp³-hybridized carbons (Fsp3) is 0.100. The Kier molecular flexibility index (Phi) is 5.72. The SMILES string of the molecule is OB(O)c1ccccc1-c1cc(C(F)(F)F)ccc1OCc1ccccc1F. The van der Waals surface area contributed by atoms with E-state index in [1.54, 1.807) is 12.1 Å². The van der Waals surface area contributed by atoms with Crippen LogP contribution in [0.25, 0.3) is 11.1 Å². The first-order chi connectivity index (χ1) is 13.3. The van der Waals surface area contributed by atoms with E-state index in [9.17, 15) is 27.6 Å². The Balaban J connectivity index is 2.07. The van der Waals surface area contributed by atoms with E-state index in [1.165, 1.54) is 36.4 Å². The third-order valence-corrected chi connectivity index (χ3v) is 4.18. The monoisotopic (exact) mass is 390 g/mol. The topological polar surface area (TPSA) is 49.7 Å². The van der Waals surface area contributed by atoms with E-state index < -0.39 is 24.7 Å². The molecule has 0 radical (unpaired) electrons. The number of rotatable bonds is 5. The third kappa shape index (κ3) is 4.35. The van der Waals surface area contributed by atoms with Crippen LogP contribution >= 0.6 is 0 Å². The summed E-state index contributed by atoms with van der Waals surface area (Å²) in [5.41, 5.74) is -0.452. The van der Waals surface area contributed by atoms with Gasteiger partial charge >= 0.3 is 13.3 Å². The van der Waals surface area contributed by atoms with Crippen molar-refractivity contribution in [1.29, 1.82) is 0 Å². The van der Waals surface area contributed by atoms with Crippen LogP contribution in [0.3, 0.4) is 0 Å². The fourth-order valence-corrected chi connectivity index (χ4v) is 2.78. The van der Waals surface area contributed by atoms with Gasteiger partial charge in [0.15, 0.2) is 0 Å². The van der Waals surface area contributed by atoms with Gasteiger partial charge in [0.2, 0.25) is 0 Å². The first kappa shape index (κ1) is 19.9. The van der Waals surface area contributed by atoms with Gasteiger partial charge in [-0.3, -0.25) is 0 Å². The van der Waals surface area contributed by atoms with E-state index in [1.807, 2.05) is 0 Å². The molecule has 0 saturated heterocycles. The van der Waals surface area contributed by atoms with Gasteiger partial charge in [-0.05, 0) is 35.3 Å². The summed E-state index contributed by atoms with van der Waals surface area (Å²) in [6.45, 7) is -0.200. The Hall–Kier alpha value is -2.84. The second kappa shape index (κ2) is 8.04. The molecule has 8 heteroatoms. The smallest absolute Gasteiger partial charge is 0.488 e. The molecule has 0 fully saturated rings. The molecule has 3 aromatic carbocycles. The molecule has 144 valence electrons. The minimum absolute atomic E-state index is 0.0230. The molecule has 0 aromatic heterocycles. The lowest BCUT2D eigenvalue weighted by atomic mass is 9.75. The summed E-state index contributed by atoms with van der Waals surface area (Å²) >= 11 is 0. The fourth-order valence-electron chi connectivity index (χ4n) is 2.78. The molecule has 0 atom stereocenters. The van der Waals surface area contributed by atoms with E-state index >= 15 is 0 Å². The van der Waals surface area contributed by atoms with Crippen molar-refractivity contribution in [2.75, 3.05) is 0 Å². The highest BCUT2D eigenvalue weighted by Crippen LogP contribution is 2.37. The van der Waals surface area contributed by atoms with Crippen molar-refractivity contribution in [2.24, 2.45) is 0 Å². The lowest BCUT2D eigenvalue weighted by Crippen LogP contribution is -2.31. The number of hydrogen-bond donors (Lipinski definition) is 2. The maximum absolute atomic E-state index is 13.8. The average molecular weight is 390 g/mol. The van der Waals surface area contributed by atoms with Crippen molar-refractivity contribution in [2.45, 2.75) is 12.8 Å². The van der Waals surface area contributed by atoms with Crippen LogP contribution < -0.4 is 10.2 Å². The van der Waals surface area contributed by atoms with Gasteiger partial charge in [0, 0.05) is 11.1 Å². The zero-order chi connectivity index (χ0) is 20.3. The second-order valence-electron chi connectivity index (χ2n) is 6.05. The predicted molar refractivity (Wildman–Crippen MR) is 97.4 cm³/mol. The van der Waals surface area contributed by atoms with Crippen LogP contribution in [0.5, 0.6) is 5.75 Å². The van der Waals surface area contributed by atoms with Crippen LogP contribution in [0.1, 0.15) is 11.1 Å². The molecule has 0 heterocycles. The highest BCUT2D eigenvalue weighted by atomic mass is 19.4. The molecule has 2 N–H and O–H groups in total. The molecule has 0 spiro atoms. The summed E-state index contributed by atoms with van der Waals surface area (Å²) in [6.07, 6.45) is -4.59. The van der Waals surface area contributed by atoms with Crippen LogP contribution in [0.2, 0.25) is 0 Å². The standard InChI is InChI=1S/C20H15BF4O3/c22-18-8-4-1-5-13(18)12-28-19-10-9-14(20(23,24)25)11-16(19)15-6-2-3-7-17(15)21(26)27/h1-11,26-27H,12H2. The van der Waals surface area contributed by atoms with Gasteiger partial charge in [-0.2, -0.15) is 13.2 Å². The van der Waals surface area contributed by atoms with E-state index in [0.29, 0.717) is 0 Å². The zero-order valence-corrected chi connectivity index (χ0v) is 14.4. The van der Waals surface area contributed by atoms with Gasteiger partial charge in [-0.15, -0.1) is 0 Å². The van der Waals surface area contributed by atoms with Crippen LogP contribution in [0, 0.1) is 5.82 Å². The van der Waals surface area contributed by atoms with Crippen LogP contribution in [-0.4, -0.2) is 17.2 Å². The maximum atomic E-state index is 13.8. The summed E-state index contributed by atoms with van der Waals surface area (Å²) in [5.74, 6) is -0.438. The van der Waals surface area contributed by atoms with Gasteiger partial charge in [0.05, 0.1) is 5.56 Å². The van der Waals surface area contributed by atoms with E-state index in [-0.39, 0.29) is 34.5 Å².